The number of para-hydroxylation sites is 1. The Morgan fingerprint density at radius 1 is 1.12 bits per heavy atom. The standard InChI is InChI=1S/C19H18FNO4/c20-19(18(23)24)10-11-21(13-19)17(22)12-25-16-9-5-4-8-15(16)14-6-2-1-3-7-14/h1-9H,10-13H2,(H,23,24). The summed E-state index contributed by atoms with van der Waals surface area (Å²) in [7, 11) is 0. The van der Waals surface area contributed by atoms with Crippen molar-refractivity contribution in [2.45, 2.75) is 12.1 Å². The van der Waals surface area contributed by atoms with Crippen molar-refractivity contribution >= 4 is 11.9 Å². The van der Waals surface area contributed by atoms with Crippen LogP contribution in [0.2, 0.25) is 0 Å². The predicted octanol–water partition coefficient (Wildman–Crippen LogP) is 2.76. The molecule has 2 aromatic carbocycles. The second-order valence-electron chi connectivity index (χ2n) is 5.99. The van der Waals surface area contributed by atoms with Gasteiger partial charge < -0.3 is 14.7 Å². The summed E-state index contributed by atoms with van der Waals surface area (Å²) in [5, 5.41) is 8.90. The summed E-state index contributed by atoms with van der Waals surface area (Å²) in [6.45, 7) is -0.629. The molecule has 1 fully saturated rings. The lowest BCUT2D eigenvalue weighted by molar-refractivity contribution is -0.150. The lowest BCUT2D eigenvalue weighted by Gasteiger charge is -2.18. The molecule has 1 heterocycles. The molecule has 0 saturated carbocycles. The number of carbonyl (C=O) groups excluding carboxylic acids is 1. The maximum Gasteiger partial charge on any atom is 0.343 e. The topological polar surface area (TPSA) is 66.8 Å². The maximum absolute atomic E-state index is 14.1. The van der Waals surface area contributed by atoms with Crippen molar-refractivity contribution in [1.29, 1.82) is 0 Å². The van der Waals surface area contributed by atoms with Crippen LogP contribution in [0.3, 0.4) is 0 Å². The average Bonchev–Trinajstić information content (AvgIpc) is 3.05. The SMILES string of the molecule is O=C(COc1ccccc1-c1ccccc1)N1CCC(F)(C(=O)O)C1. The highest BCUT2D eigenvalue weighted by Crippen LogP contribution is 2.30. The lowest BCUT2D eigenvalue weighted by Crippen LogP contribution is -2.40. The fraction of sp³-hybridized carbons (Fsp3) is 0.263. The Morgan fingerprint density at radius 2 is 1.80 bits per heavy atom. The first kappa shape index (κ1) is 17.0. The van der Waals surface area contributed by atoms with Gasteiger partial charge in [-0.25, -0.2) is 9.18 Å². The Hall–Kier alpha value is -2.89. The number of nitrogens with zero attached hydrogens (tertiary/aromatic N) is 1. The summed E-state index contributed by atoms with van der Waals surface area (Å²) >= 11 is 0. The van der Waals surface area contributed by atoms with Crippen LogP contribution < -0.4 is 4.74 Å². The molecule has 1 N–H and O–H groups in total. The molecule has 1 aliphatic heterocycles. The smallest absolute Gasteiger partial charge is 0.343 e. The van der Waals surface area contributed by atoms with Crippen molar-refractivity contribution in [3.05, 3.63) is 54.6 Å². The largest absolute Gasteiger partial charge is 0.483 e. The Morgan fingerprint density at radius 3 is 2.48 bits per heavy atom. The third-order valence-electron chi connectivity index (χ3n) is 4.28. The molecule has 2 aromatic rings. The van der Waals surface area contributed by atoms with Crippen molar-refractivity contribution in [3.63, 3.8) is 0 Å². The second kappa shape index (κ2) is 6.93. The average molecular weight is 343 g/mol. The molecular formula is C19H18FNO4. The summed E-state index contributed by atoms with van der Waals surface area (Å²) in [5.41, 5.74) is -0.555. The van der Waals surface area contributed by atoms with Gasteiger partial charge in [-0.05, 0) is 11.6 Å². The van der Waals surface area contributed by atoms with E-state index in [-0.39, 0.29) is 19.6 Å². The van der Waals surface area contributed by atoms with Crippen LogP contribution in [0.1, 0.15) is 6.42 Å². The van der Waals surface area contributed by atoms with E-state index in [1.807, 2.05) is 42.5 Å². The molecule has 3 rings (SSSR count). The normalized spacial score (nSPS) is 19.6. The number of amides is 1. The molecule has 25 heavy (non-hydrogen) atoms. The molecule has 1 atom stereocenters. The van der Waals surface area contributed by atoms with Gasteiger partial charge in [-0.3, -0.25) is 4.79 Å². The van der Waals surface area contributed by atoms with Gasteiger partial charge in [0.2, 0.25) is 5.67 Å². The molecule has 1 saturated heterocycles. The highest BCUT2D eigenvalue weighted by molar-refractivity contribution is 5.83. The molecule has 0 aromatic heterocycles. The number of alkyl halides is 1. The van der Waals surface area contributed by atoms with Gasteiger partial charge in [0.25, 0.3) is 5.91 Å². The maximum atomic E-state index is 14.1. The van der Waals surface area contributed by atoms with Gasteiger partial charge in [-0.2, -0.15) is 0 Å². The number of carboxylic acid groups (broad SMARTS) is 1. The minimum atomic E-state index is -2.36. The zero-order valence-corrected chi connectivity index (χ0v) is 13.5. The molecule has 130 valence electrons. The first-order valence-electron chi connectivity index (χ1n) is 7.97. The summed E-state index contributed by atoms with van der Waals surface area (Å²) in [5.74, 6) is -1.41. The number of aliphatic carboxylic acids is 1. The Kier molecular flexibility index (Phi) is 4.70. The third-order valence-corrected chi connectivity index (χ3v) is 4.28. The van der Waals surface area contributed by atoms with Gasteiger partial charge in [0.05, 0.1) is 6.54 Å². The lowest BCUT2D eigenvalue weighted by atomic mass is 10.1. The molecule has 6 heteroatoms. The van der Waals surface area contributed by atoms with Crippen molar-refractivity contribution in [2.75, 3.05) is 19.7 Å². The fourth-order valence-electron chi connectivity index (χ4n) is 2.84. The minimum Gasteiger partial charge on any atom is -0.483 e. The van der Waals surface area contributed by atoms with E-state index in [1.54, 1.807) is 12.1 Å². The van der Waals surface area contributed by atoms with Gasteiger partial charge in [0.15, 0.2) is 6.61 Å². The summed E-state index contributed by atoms with van der Waals surface area (Å²) in [6.07, 6.45) is -0.200. The van der Waals surface area contributed by atoms with Crippen molar-refractivity contribution < 1.29 is 23.8 Å². The molecule has 0 bridgehead atoms. The number of halogens is 1. The molecule has 5 nitrogen and oxygen atoms in total. The summed E-state index contributed by atoms with van der Waals surface area (Å²) in [4.78, 5) is 24.3. The van der Waals surface area contributed by atoms with E-state index in [0.717, 1.165) is 11.1 Å². The molecule has 0 spiro atoms. The number of hydrogen-bond donors (Lipinski definition) is 1. The highest BCUT2D eigenvalue weighted by atomic mass is 19.1. The van der Waals surface area contributed by atoms with Crippen LogP contribution in [0.15, 0.2) is 54.6 Å². The van der Waals surface area contributed by atoms with E-state index < -0.39 is 24.1 Å². The monoisotopic (exact) mass is 343 g/mol. The zero-order valence-electron chi connectivity index (χ0n) is 13.5. The zero-order chi connectivity index (χ0) is 17.9. The van der Waals surface area contributed by atoms with Crippen molar-refractivity contribution in [2.24, 2.45) is 0 Å². The summed E-state index contributed by atoms with van der Waals surface area (Å²) in [6, 6.07) is 16.9. The highest BCUT2D eigenvalue weighted by Gasteiger charge is 2.46. The number of rotatable bonds is 5. The van der Waals surface area contributed by atoms with E-state index in [2.05, 4.69) is 0 Å². The van der Waals surface area contributed by atoms with Crippen LogP contribution in [-0.2, 0) is 9.59 Å². The number of carbonyl (C=O) groups is 2. The number of likely N-dealkylation sites (tertiary alicyclic amines) is 1. The molecule has 1 aliphatic rings. The minimum absolute atomic E-state index is 0.0747. The van der Waals surface area contributed by atoms with Crippen LogP contribution in [0.5, 0.6) is 5.75 Å². The third kappa shape index (κ3) is 3.63. The van der Waals surface area contributed by atoms with Crippen LogP contribution in [0.4, 0.5) is 4.39 Å². The Balaban J connectivity index is 1.67. The van der Waals surface area contributed by atoms with E-state index in [0.29, 0.717) is 5.75 Å². The number of ether oxygens (including phenoxy) is 1. The van der Waals surface area contributed by atoms with Gasteiger partial charge in [-0.1, -0.05) is 48.5 Å². The summed E-state index contributed by atoms with van der Waals surface area (Å²) < 4.78 is 19.7. The van der Waals surface area contributed by atoms with Crippen LogP contribution >= 0.6 is 0 Å². The van der Waals surface area contributed by atoms with Gasteiger partial charge in [0, 0.05) is 18.5 Å². The van der Waals surface area contributed by atoms with E-state index in [4.69, 9.17) is 9.84 Å². The first-order chi connectivity index (χ1) is 12.0. The first-order valence-corrected chi connectivity index (χ1v) is 7.97. The molecule has 1 unspecified atom stereocenters. The van der Waals surface area contributed by atoms with E-state index >= 15 is 0 Å². The Labute approximate surface area is 144 Å². The Bertz CT molecular complexity index is 780. The van der Waals surface area contributed by atoms with Gasteiger partial charge in [-0.15, -0.1) is 0 Å². The number of carboxylic acids is 1. The van der Waals surface area contributed by atoms with Crippen molar-refractivity contribution in [1.82, 2.24) is 4.90 Å². The van der Waals surface area contributed by atoms with Gasteiger partial charge in [0.1, 0.15) is 5.75 Å². The number of hydrogen-bond acceptors (Lipinski definition) is 3. The quantitative estimate of drug-likeness (QED) is 0.906. The second-order valence-corrected chi connectivity index (χ2v) is 5.99. The molecule has 0 radical (unpaired) electrons. The molecular weight excluding hydrogens is 325 g/mol. The van der Waals surface area contributed by atoms with E-state index in [9.17, 15) is 14.0 Å². The van der Waals surface area contributed by atoms with Crippen LogP contribution in [0.25, 0.3) is 11.1 Å². The fourth-order valence-corrected chi connectivity index (χ4v) is 2.84. The van der Waals surface area contributed by atoms with E-state index in [1.165, 1.54) is 4.90 Å². The van der Waals surface area contributed by atoms with Crippen LogP contribution in [-0.4, -0.2) is 47.2 Å². The molecule has 0 aliphatic carbocycles. The van der Waals surface area contributed by atoms with Crippen molar-refractivity contribution in [3.8, 4) is 16.9 Å². The van der Waals surface area contributed by atoms with Gasteiger partial charge >= 0.3 is 5.97 Å². The molecule has 1 amide bonds. The number of benzene rings is 2. The predicted molar refractivity (Wildman–Crippen MR) is 90.0 cm³/mol. The van der Waals surface area contributed by atoms with Crippen LogP contribution in [0, 0.1) is 0 Å².